The first kappa shape index (κ1) is 18.6. The Hall–Kier alpha value is -3.75. The topological polar surface area (TPSA) is 123 Å². The van der Waals surface area contributed by atoms with Gasteiger partial charge in [0.1, 0.15) is 17.4 Å². The molecule has 0 radical (unpaired) electrons. The Balaban J connectivity index is 1.43. The number of nitrogens with zero attached hydrogens (tertiary/aromatic N) is 3. The molecule has 3 aromatic heterocycles. The van der Waals surface area contributed by atoms with Gasteiger partial charge in [0.2, 0.25) is 0 Å². The summed E-state index contributed by atoms with van der Waals surface area (Å²) in [7, 11) is 1.51. The van der Waals surface area contributed by atoms with Crippen molar-refractivity contribution in [3.63, 3.8) is 0 Å². The molecule has 1 aromatic carbocycles. The molecular weight excluding hydrogens is 374 g/mol. The number of para-hydroxylation sites is 1. The lowest BCUT2D eigenvalue weighted by atomic mass is 10.1. The summed E-state index contributed by atoms with van der Waals surface area (Å²) < 4.78 is 6.74. The van der Waals surface area contributed by atoms with Gasteiger partial charge in [0.25, 0.3) is 5.56 Å². The first-order valence-corrected chi connectivity index (χ1v) is 9.14. The highest BCUT2D eigenvalue weighted by Gasteiger charge is 2.15. The van der Waals surface area contributed by atoms with Gasteiger partial charge in [-0.25, -0.2) is 9.78 Å². The van der Waals surface area contributed by atoms with Gasteiger partial charge < -0.3 is 9.72 Å². The van der Waals surface area contributed by atoms with E-state index in [2.05, 4.69) is 19.9 Å². The van der Waals surface area contributed by atoms with Crippen molar-refractivity contribution in [1.29, 1.82) is 0 Å². The second kappa shape index (κ2) is 7.34. The lowest BCUT2D eigenvalue weighted by Crippen LogP contribution is -2.28. The van der Waals surface area contributed by atoms with E-state index in [-0.39, 0.29) is 24.0 Å². The van der Waals surface area contributed by atoms with Crippen LogP contribution in [0.1, 0.15) is 30.8 Å². The molecule has 4 aromatic rings. The number of carbonyl (C=O) groups is 1. The normalized spacial score (nSPS) is 12.3. The van der Waals surface area contributed by atoms with E-state index in [1.54, 1.807) is 13.1 Å². The number of aryl methyl sites for hydroxylation is 2. The summed E-state index contributed by atoms with van der Waals surface area (Å²) in [6.07, 6.45) is 1.59. The molecule has 0 bridgehead atoms. The average molecular weight is 393 g/mol. The quantitative estimate of drug-likeness (QED) is 0.498. The van der Waals surface area contributed by atoms with E-state index in [0.29, 0.717) is 5.82 Å². The summed E-state index contributed by atoms with van der Waals surface area (Å²) in [5, 5.41) is 0.978. The van der Waals surface area contributed by atoms with Crippen LogP contribution in [-0.4, -0.2) is 30.5 Å². The molecule has 29 heavy (non-hydrogen) atoms. The molecule has 0 aliphatic heterocycles. The highest BCUT2D eigenvalue weighted by Crippen LogP contribution is 2.21. The summed E-state index contributed by atoms with van der Waals surface area (Å²) >= 11 is 0. The van der Waals surface area contributed by atoms with E-state index in [1.807, 2.05) is 30.3 Å². The molecule has 0 amide bonds. The Kier molecular flexibility index (Phi) is 4.71. The van der Waals surface area contributed by atoms with Gasteiger partial charge in [-0.2, -0.15) is 0 Å². The third-order valence-corrected chi connectivity index (χ3v) is 4.76. The maximum atomic E-state index is 12.3. The van der Waals surface area contributed by atoms with Crippen molar-refractivity contribution in [3.05, 3.63) is 68.8 Å². The summed E-state index contributed by atoms with van der Waals surface area (Å²) in [4.78, 5) is 49.5. The number of rotatable bonds is 5. The minimum Gasteiger partial charge on any atom is -0.458 e. The van der Waals surface area contributed by atoms with Gasteiger partial charge in [0.15, 0.2) is 5.65 Å². The number of pyridine rings is 1. The number of aromatic amines is 2. The second-order valence-corrected chi connectivity index (χ2v) is 6.79. The molecule has 0 aliphatic carbocycles. The monoisotopic (exact) mass is 393 g/mol. The van der Waals surface area contributed by atoms with Gasteiger partial charge in [-0.1, -0.05) is 18.2 Å². The van der Waals surface area contributed by atoms with E-state index in [9.17, 15) is 14.4 Å². The molecule has 0 saturated carbocycles. The predicted octanol–water partition coefficient (Wildman–Crippen LogP) is 1.74. The molecule has 9 heteroatoms. The van der Waals surface area contributed by atoms with E-state index < -0.39 is 23.3 Å². The zero-order chi connectivity index (χ0) is 20.5. The molecule has 0 saturated heterocycles. The van der Waals surface area contributed by atoms with Crippen LogP contribution < -0.4 is 11.2 Å². The molecule has 2 N–H and O–H groups in total. The Morgan fingerprint density at radius 1 is 1.24 bits per heavy atom. The van der Waals surface area contributed by atoms with Gasteiger partial charge in [-0.05, 0) is 19.1 Å². The molecule has 1 unspecified atom stereocenters. The molecular formula is C20H19N5O4. The maximum absolute atomic E-state index is 12.3. The third-order valence-electron chi connectivity index (χ3n) is 4.76. The summed E-state index contributed by atoms with van der Waals surface area (Å²) in [5.74, 6) is 0.0394. The summed E-state index contributed by atoms with van der Waals surface area (Å²) in [6.45, 7) is 1.79. The van der Waals surface area contributed by atoms with E-state index in [4.69, 9.17) is 4.74 Å². The zero-order valence-electron chi connectivity index (χ0n) is 15.9. The lowest BCUT2D eigenvalue weighted by molar-refractivity contribution is -0.148. The fraction of sp³-hybridized carbons (Fsp3) is 0.250. The van der Waals surface area contributed by atoms with Gasteiger partial charge in [0.05, 0.1) is 11.9 Å². The SMILES string of the molecule is CC(OC(=O)CCc1nc2c([nH]1)c(=O)[nH]c(=O)n2C)c1cnc2ccccc2c1. The van der Waals surface area contributed by atoms with Crippen LogP contribution in [0.15, 0.2) is 46.1 Å². The van der Waals surface area contributed by atoms with Crippen molar-refractivity contribution < 1.29 is 9.53 Å². The summed E-state index contributed by atoms with van der Waals surface area (Å²) in [5.41, 5.74) is 1.05. The molecule has 3 heterocycles. The minimum atomic E-state index is -0.544. The van der Waals surface area contributed by atoms with Crippen LogP contribution in [0, 0.1) is 0 Å². The maximum Gasteiger partial charge on any atom is 0.329 e. The zero-order valence-corrected chi connectivity index (χ0v) is 15.9. The van der Waals surface area contributed by atoms with Crippen LogP contribution in [0.4, 0.5) is 0 Å². The third kappa shape index (κ3) is 3.66. The molecule has 1 atom stereocenters. The van der Waals surface area contributed by atoms with Gasteiger partial charge in [-0.15, -0.1) is 0 Å². The van der Waals surface area contributed by atoms with Crippen molar-refractivity contribution in [2.45, 2.75) is 25.9 Å². The van der Waals surface area contributed by atoms with Crippen LogP contribution in [0.5, 0.6) is 0 Å². The first-order chi connectivity index (χ1) is 13.9. The molecule has 148 valence electrons. The average Bonchev–Trinajstić information content (AvgIpc) is 3.15. The Labute approximate surface area is 164 Å². The summed E-state index contributed by atoms with van der Waals surface area (Å²) in [6, 6.07) is 9.67. The fourth-order valence-electron chi connectivity index (χ4n) is 3.13. The van der Waals surface area contributed by atoms with Gasteiger partial charge in [0, 0.05) is 30.6 Å². The van der Waals surface area contributed by atoms with Crippen molar-refractivity contribution in [3.8, 4) is 0 Å². The Morgan fingerprint density at radius 3 is 2.86 bits per heavy atom. The second-order valence-electron chi connectivity index (χ2n) is 6.79. The number of fused-ring (bicyclic) bond motifs is 2. The molecule has 9 nitrogen and oxygen atoms in total. The fourth-order valence-corrected chi connectivity index (χ4v) is 3.13. The number of esters is 1. The standard InChI is InChI=1S/C20H19N5O4/c1-11(13-9-12-5-3-4-6-14(12)21-10-13)29-16(26)8-7-15-22-17-18(23-15)25(2)20(28)24-19(17)27/h3-6,9-11H,7-8H2,1-2H3,(H,22,23)(H,24,27,28). The molecule has 0 aliphatic rings. The highest BCUT2D eigenvalue weighted by molar-refractivity contribution is 5.79. The number of nitrogens with one attached hydrogen (secondary N) is 2. The number of H-pyrrole nitrogens is 2. The van der Waals surface area contributed by atoms with Crippen LogP contribution in [0.2, 0.25) is 0 Å². The van der Waals surface area contributed by atoms with Crippen molar-refractivity contribution in [1.82, 2.24) is 24.5 Å². The molecule has 0 spiro atoms. The number of aromatic nitrogens is 5. The van der Waals surface area contributed by atoms with Crippen LogP contribution in [0.3, 0.4) is 0 Å². The number of benzene rings is 1. The van der Waals surface area contributed by atoms with Crippen molar-refractivity contribution in [2.24, 2.45) is 7.05 Å². The number of ether oxygens (including phenoxy) is 1. The molecule has 4 rings (SSSR count). The number of carbonyl (C=O) groups excluding carboxylic acids is 1. The Morgan fingerprint density at radius 2 is 2.03 bits per heavy atom. The largest absolute Gasteiger partial charge is 0.458 e. The molecule has 0 fully saturated rings. The number of imidazole rings is 1. The first-order valence-electron chi connectivity index (χ1n) is 9.14. The van der Waals surface area contributed by atoms with E-state index >= 15 is 0 Å². The van der Waals surface area contributed by atoms with E-state index in [1.165, 1.54) is 11.6 Å². The highest BCUT2D eigenvalue weighted by atomic mass is 16.5. The van der Waals surface area contributed by atoms with Crippen molar-refractivity contribution in [2.75, 3.05) is 0 Å². The van der Waals surface area contributed by atoms with Gasteiger partial charge >= 0.3 is 11.7 Å². The van der Waals surface area contributed by atoms with Gasteiger partial charge in [-0.3, -0.25) is 24.1 Å². The van der Waals surface area contributed by atoms with Crippen LogP contribution in [-0.2, 0) is 23.0 Å². The van der Waals surface area contributed by atoms with Crippen molar-refractivity contribution >= 4 is 28.0 Å². The smallest absolute Gasteiger partial charge is 0.329 e. The number of hydrogen-bond acceptors (Lipinski definition) is 6. The van der Waals surface area contributed by atoms with Crippen LogP contribution in [0.25, 0.3) is 22.1 Å². The predicted molar refractivity (Wildman–Crippen MR) is 107 cm³/mol. The minimum absolute atomic E-state index is 0.0804. The Bertz CT molecular complexity index is 1330. The van der Waals surface area contributed by atoms with E-state index in [0.717, 1.165) is 16.5 Å². The number of hydrogen-bond donors (Lipinski definition) is 2. The lowest BCUT2D eigenvalue weighted by Gasteiger charge is -2.13. The van der Waals surface area contributed by atoms with Crippen LogP contribution >= 0.6 is 0 Å².